The Balaban J connectivity index is 1.73. The molecule has 1 heterocycles. The SMILES string of the molecule is COc1ccc2c(C)c(CCC(=O)NC(Cc3ccc(Cl)cc3)C(=O)O)c(=O)oc2c1C. The standard InChI is InChI=1S/C24H24ClNO6/c1-13-17-8-10-20(31-3)14(2)22(17)32-24(30)18(13)9-11-21(27)26-19(23(28)29)12-15-4-6-16(25)7-5-15/h4-8,10,19H,9,11-12H2,1-3H3,(H,26,27)(H,28,29). The molecule has 1 amide bonds. The van der Waals surface area contributed by atoms with Gasteiger partial charge in [-0.1, -0.05) is 23.7 Å². The summed E-state index contributed by atoms with van der Waals surface area (Å²) in [6.45, 7) is 3.61. The molecule has 1 aromatic heterocycles. The van der Waals surface area contributed by atoms with Gasteiger partial charge in [0, 0.05) is 34.4 Å². The highest BCUT2D eigenvalue weighted by atomic mass is 35.5. The molecule has 0 fully saturated rings. The van der Waals surface area contributed by atoms with Gasteiger partial charge >= 0.3 is 11.6 Å². The van der Waals surface area contributed by atoms with Crippen LogP contribution in [0, 0.1) is 13.8 Å². The van der Waals surface area contributed by atoms with Crippen molar-refractivity contribution in [3.63, 3.8) is 0 Å². The number of carboxylic acid groups (broad SMARTS) is 1. The Bertz CT molecular complexity index is 1220. The summed E-state index contributed by atoms with van der Waals surface area (Å²) in [6.07, 6.45) is 0.210. The van der Waals surface area contributed by atoms with E-state index in [4.69, 9.17) is 20.8 Å². The molecule has 0 spiro atoms. The number of methoxy groups -OCH3 is 1. The predicted molar refractivity (Wildman–Crippen MR) is 122 cm³/mol. The molecule has 32 heavy (non-hydrogen) atoms. The summed E-state index contributed by atoms with van der Waals surface area (Å²) in [5.74, 6) is -0.983. The lowest BCUT2D eigenvalue weighted by atomic mass is 10.00. The lowest BCUT2D eigenvalue weighted by Gasteiger charge is -2.15. The number of aryl methyl sites for hydroxylation is 2. The van der Waals surface area contributed by atoms with Gasteiger partial charge in [-0.15, -0.1) is 0 Å². The van der Waals surface area contributed by atoms with E-state index in [0.29, 0.717) is 21.9 Å². The monoisotopic (exact) mass is 457 g/mol. The van der Waals surface area contributed by atoms with Crippen molar-refractivity contribution < 1.29 is 23.8 Å². The Morgan fingerprint density at radius 1 is 1.12 bits per heavy atom. The average Bonchev–Trinajstić information content (AvgIpc) is 2.75. The molecule has 0 saturated carbocycles. The zero-order valence-corrected chi connectivity index (χ0v) is 18.8. The van der Waals surface area contributed by atoms with Crippen LogP contribution in [-0.4, -0.2) is 30.1 Å². The lowest BCUT2D eigenvalue weighted by molar-refractivity contribution is -0.141. The van der Waals surface area contributed by atoms with Crippen molar-refractivity contribution in [1.29, 1.82) is 0 Å². The Morgan fingerprint density at radius 3 is 2.44 bits per heavy atom. The second kappa shape index (κ2) is 9.87. The molecule has 0 bridgehead atoms. The minimum absolute atomic E-state index is 0.0450. The summed E-state index contributed by atoms with van der Waals surface area (Å²) in [6, 6.07) is 9.28. The van der Waals surface area contributed by atoms with Gasteiger partial charge in [-0.25, -0.2) is 9.59 Å². The number of ether oxygens (including phenoxy) is 1. The van der Waals surface area contributed by atoms with Gasteiger partial charge in [0.15, 0.2) is 0 Å². The molecular weight excluding hydrogens is 434 g/mol. The van der Waals surface area contributed by atoms with Crippen molar-refractivity contribution in [3.8, 4) is 5.75 Å². The molecule has 0 radical (unpaired) electrons. The van der Waals surface area contributed by atoms with Gasteiger partial charge in [-0.05, 0) is 55.7 Å². The fraction of sp³-hybridized carbons (Fsp3) is 0.292. The van der Waals surface area contributed by atoms with Crippen molar-refractivity contribution in [2.75, 3.05) is 7.11 Å². The first kappa shape index (κ1) is 23.3. The van der Waals surface area contributed by atoms with Crippen LogP contribution in [0.5, 0.6) is 5.75 Å². The Kier molecular flexibility index (Phi) is 7.20. The number of carbonyl (C=O) groups is 2. The van der Waals surface area contributed by atoms with E-state index in [0.717, 1.165) is 22.1 Å². The summed E-state index contributed by atoms with van der Waals surface area (Å²) in [5, 5.41) is 13.3. The molecule has 1 unspecified atom stereocenters. The van der Waals surface area contributed by atoms with Crippen molar-refractivity contribution in [3.05, 3.63) is 74.1 Å². The molecule has 3 aromatic rings. The first-order valence-electron chi connectivity index (χ1n) is 10.1. The highest BCUT2D eigenvalue weighted by molar-refractivity contribution is 6.30. The molecule has 0 aliphatic heterocycles. The van der Waals surface area contributed by atoms with Gasteiger partial charge < -0.3 is 19.6 Å². The second-order valence-electron chi connectivity index (χ2n) is 7.55. The number of hydrogen-bond donors (Lipinski definition) is 2. The molecule has 8 heteroatoms. The van der Waals surface area contributed by atoms with Crippen LogP contribution in [0.1, 0.15) is 28.7 Å². The number of carbonyl (C=O) groups excluding carboxylic acids is 1. The van der Waals surface area contributed by atoms with Crippen LogP contribution in [-0.2, 0) is 22.4 Å². The van der Waals surface area contributed by atoms with Crippen molar-refractivity contribution in [1.82, 2.24) is 5.32 Å². The van der Waals surface area contributed by atoms with E-state index in [1.807, 2.05) is 13.0 Å². The molecule has 168 valence electrons. The van der Waals surface area contributed by atoms with Crippen molar-refractivity contribution in [2.24, 2.45) is 0 Å². The number of carboxylic acids is 1. The van der Waals surface area contributed by atoms with E-state index >= 15 is 0 Å². The molecule has 0 aliphatic carbocycles. The zero-order chi connectivity index (χ0) is 23.4. The molecule has 7 nitrogen and oxygen atoms in total. The van der Waals surface area contributed by atoms with Crippen LogP contribution in [0.4, 0.5) is 0 Å². The topological polar surface area (TPSA) is 106 Å². The molecule has 0 aliphatic rings. The van der Waals surface area contributed by atoms with E-state index in [1.165, 1.54) is 0 Å². The third kappa shape index (κ3) is 5.11. The number of amides is 1. The van der Waals surface area contributed by atoms with Crippen LogP contribution in [0.2, 0.25) is 5.02 Å². The first-order chi connectivity index (χ1) is 15.2. The molecule has 1 atom stereocenters. The van der Waals surface area contributed by atoms with Crippen LogP contribution < -0.4 is 15.7 Å². The summed E-state index contributed by atoms with van der Waals surface area (Å²) in [7, 11) is 1.55. The van der Waals surface area contributed by atoms with E-state index < -0.39 is 23.5 Å². The maximum absolute atomic E-state index is 12.6. The summed E-state index contributed by atoms with van der Waals surface area (Å²) in [4.78, 5) is 36.6. The molecule has 3 rings (SSSR count). The van der Waals surface area contributed by atoms with Gasteiger partial charge in [0.05, 0.1) is 7.11 Å². The quantitative estimate of drug-likeness (QED) is 0.498. The Hall–Kier alpha value is -3.32. The van der Waals surface area contributed by atoms with Gasteiger partial charge in [-0.3, -0.25) is 4.79 Å². The van der Waals surface area contributed by atoms with Gasteiger partial charge in [0.2, 0.25) is 5.91 Å². The number of nitrogens with one attached hydrogen (secondary N) is 1. The number of aliphatic carboxylic acids is 1. The maximum atomic E-state index is 12.6. The third-order valence-corrected chi connectivity index (χ3v) is 5.71. The van der Waals surface area contributed by atoms with E-state index in [2.05, 4.69) is 5.32 Å². The van der Waals surface area contributed by atoms with Crippen LogP contribution >= 0.6 is 11.6 Å². The second-order valence-corrected chi connectivity index (χ2v) is 7.99. The summed E-state index contributed by atoms with van der Waals surface area (Å²) >= 11 is 5.85. The fourth-order valence-electron chi connectivity index (χ4n) is 3.64. The highest BCUT2D eigenvalue weighted by Gasteiger charge is 2.21. The van der Waals surface area contributed by atoms with Crippen LogP contribution in [0.3, 0.4) is 0 Å². The van der Waals surface area contributed by atoms with E-state index in [-0.39, 0.29) is 19.3 Å². The minimum Gasteiger partial charge on any atom is -0.496 e. The van der Waals surface area contributed by atoms with E-state index in [1.54, 1.807) is 44.4 Å². The third-order valence-electron chi connectivity index (χ3n) is 5.46. The summed E-state index contributed by atoms with van der Waals surface area (Å²) in [5.41, 5.74) is 2.51. The zero-order valence-electron chi connectivity index (χ0n) is 18.0. The number of rotatable bonds is 8. The Labute approximate surface area is 190 Å². The molecular formula is C24H24ClNO6. The largest absolute Gasteiger partial charge is 0.496 e. The van der Waals surface area contributed by atoms with Crippen molar-refractivity contribution in [2.45, 2.75) is 39.2 Å². The number of halogens is 1. The highest BCUT2D eigenvalue weighted by Crippen LogP contribution is 2.29. The van der Waals surface area contributed by atoms with Crippen LogP contribution in [0.25, 0.3) is 11.0 Å². The number of benzene rings is 2. The number of hydrogen-bond acceptors (Lipinski definition) is 5. The van der Waals surface area contributed by atoms with Gasteiger partial charge in [-0.2, -0.15) is 0 Å². The predicted octanol–water partition coefficient (Wildman–Crippen LogP) is 3.82. The fourth-order valence-corrected chi connectivity index (χ4v) is 3.77. The first-order valence-corrected chi connectivity index (χ1v) is 10.5. The average molecular weight is 458 g/mol. The molecule has 2 aromatic carbocycles. The van der Waals surface area contributed by atoms with Crippen molar-refractivity contribution >= 4 is 34.4 Å². The van der Waals surface area contributed by atoms with Gasteiger partial charge in [0.25, 0.3) is 0 Å². The smallest absolute Gasteiger partial charge is 0.339 e. The maximum Gasteiger partial charge on any atom is 0.339 e. The normalized spacial score (nSPS) is 11.9. The lowest BCUT2D eigenvalue weighted by Crippen LogP contribution is -2.42. The number of fused-ring (bicyclic) bond motifs is 1. The molecule has 0 saturated heterocycles. The molecule has 2 N–H and O–H groups in total. The minimum atomic E-state index is -1.14. The Morgan fingerprint density at radius 2 is 1.81 bits per heavy atom. The summed E-state index contributed by atoms with van der Waals surface area (Å²) < 4.78 is 10.8. The van der Waals surface area contributed by atoms with E-state index in [9.17, 15) is 19.5 Å². The van der Waals surface area contributed by atoms with Gasteiger partial charge in [0.1, 0.15) is 17.4 Å². The van der Waals surface area contributed by atoms with Crippen LogP contribution in [0.15, 0.2) is 45.6 Å².